The standard InChI is InChI=1S/C14H14N4O2/c1-20-14(19)18-10-2-3-13-12(5-10)9(6-16-13)4-11-7-15-8-17-11/h2-3,5-8,16H,4H2,1H3,(H,15,17)(H,18,19). The van der Waals surface area contributed by atoms with Gasteiger partial charge in [-0.3, -0.25) is 5.32 Å². The molecule has 6 nitrogen and oxygen atoms in total. The van der Waals surface area contributed by atoms with Crippen LogP contribution >= 0.6 is 0 Å². The Bertz CT molecular complexity index is 731. The zero-order chi connectivity index (χ0) is 13.9. The number of methoxy groups -OCH3 is 1. The summed E-state index contributed by atoms with van der Waals surface area (Å²) in [6.45, 7) is 0. The summed E-state index contributed by atoms with van der Waals surface area (Å²) in [6, 6.07) is 5.67. The minimum Gasteiger partial charge on any atom is -0.453 e. The van der Waals surface area contributed by atoms with Crippen molar-refractivity contribution in [2.24, 2.45) is 0 Å². The smallest absolute Gasteiger partial charge is 0.411 e. The van der Waals surface area contributed by atoms with E-state index >= 15 is 0 Å². The summed E-state index contributed by atoms with van der Waals surface area (Å²) in [4.78, 5) is 21.6. The number of aromatic nitrogens is 3. The highest BCUT2D eigenvalue weighted by molar-refractivity contribution is 5.91. The number of anilines is 1. The molecule has 2 aromatic heterocycles. The molecule has 0 aliphatic rings. The maximum Gasteiger partial charge on any atom is 0.411 e. The third kappa shape index (κ3) is 2.35. The fraction of sp³-hybridized carbons (Fsp3) is 0.143. The third-order valence-electron chi connectivity index (χ3n) is 3.13. The van der Waals surface area contributed by atoms with E-state index in [0.29, 0.717) is 5.69 Å². The molecule has 0 saturated carbocycles. The number of amides is 1. The van der Waals surface area contributed by atoms with Crippen LogP contribution in [0.4, 0.5) is 10.5 Å². The van der Waals surface area contributed by atoms with Gasteiger partial charge in [-0.25, -0.2) is 9.78 Å². The van der Waals surface area contributed by atoms with Gasteiger partial charge in [0.05, 0.1) is 19.1 Å². The first-order valence-electron chi connectivity index (χ1n) is 6.19. The van der Waals surface area contributed by atoms with Crippen LogP contribution in [0.25, 0.3) is 10.9 Å². The zero-order valence-electron chi connectivity index (χ0n) is 10.9. The highest BCUT2D eigenvalue weighted by Gasteiger charge is 2.08. The van der Waals surface area contributed by atoms with Gasteiger partial charge in [-0.05, 0) is 23.8 Å². The SMILES string of the molecule is COC(=O)Nc1ccc2[nH]cc(Cc3c[nH]cn3)c2c1. The molecule has 3 aromatic rings. The first kappa shape index (κ1) is 12.3. The Morgan fingerprint density at radius 3 is 3.05 bits per heavy atom. The molecule has 1 amide bonds. The highest BCUT2D eigenvalue weighted by Crippen LogP contribution is 2.24. The van der Waals surface area contributed by atoms with E-state index < -0.39 is 6.09 Å². The molecule has 0 unspecified atom stereocenters. The molecule has 3 N–H and O–H groups in total. The third-order valence-corrected chi connectivity index (χ3v) is 3.13. The van der Waals surface area contributed by atoms with Gasteiger partial charge in [0.1, 0.15) is 0 Å². The van der Waals surface area contributed by atoms with E-state index in [0.717, 1.165) is 28.6 Å². The Hall–Kier alpha value is -2.76. The topological polar surface area (TPSA) is 82.8 Å². The number of nitrogens with one attached hydrogen (secondary N) is 3. The molecule has 0 fully saturated rings. The molecule has 1 aromatic carbocycles. The van der Waals surface area contributed by atoms with Crippen molar-refractivity contribution in [2.45, 2.75) is 6.42 Å². The summed E-state index contributed by atoms with van der Waals surface area (Å²) in [6.07, 6.45) is 5.74. The van der Waals surface area contributed by atoms with Crippen LogP contribution in [0.15, 0.2) is 36.9 Å². The Kier molecular flexibility index (Phi) is 3.12. The monoisotopic (exact) mass is 270 g/mol. The van der Waals surface area contributed by atoms with Gasteiger partial charge in [-0.1, -0.05) is 0 Å². The number of benzene rings is 1. The number of imidazole rings is 1. The Morgan fingerprint density at radius 1 is 1.40 bits per heavy atom. The van der Waals surface area contributed by atoms with Gasteiger partial charge in [0.2, 0.25) is 0 Å². The quantitative estimate of drug-likeness (QED) is 0.684. The van der Waals surface area contributed by atoms with Gasteiger partial charge in [-0.15, -0.1) is 0 Å². The van der Waals surface area contributed by atoms with E-state index in [2.05, 4.69) is 25.0 Å². The fourth-order valence-corrected chi connectivity index (χ4v) is 2.15. The number of rotatable bonds is 3. The molecule has 102 valence electrons. The number of nitrogens with zero attached hydrogens (tertiary/aromatic N) is 1. The first-order chi connectivity index (χ1) is 9.76. The van der Waals surface area contributed by atoms with Gasteiger partial charge in [-0.2, -0.15) is 0 Å². The molecule has 0 aliphatic heterocycles. The molecule has 6 heteroatoms. The Morgan fingerprint density at radius 2 is 2.30 bits per heavy atom. The molecule has 0 saturated heterocycles. The van der Waals surface area contributed by atoms with Gasteiger partial charge in [0, 0.05) is 35.4 Å². The number of carbonyl (C=O) groups is 1. The normalized spacial score (nSPS) is 10.7. The molecule has 0 bridgehead atoms. The van der Waals surface area contributed by atoms with Crippen LogP contribution in [0.2, 0.25) is 0 Å². The average molecular weight is 270 g/mol. The molecule has 0 aliphatic carbocycles. The van der Waals surface area contributed by atoms with E-state index in [1.54, 1.807) is 6.33 Å². The van der Waals surface area contributed by atoms with E-state index in [4.69, 9.17) is 0 Å². The van der Waals surface area contributed by atoms with Crippen LogP contribution in [0, 0.1) is 0 Å². The second kappa shape index (κ2) is 5.08. The zero-order valence-corrected chi connectivity index (χ0v) is 10.9. The molecule has 0 radical (unpaired) electrons. The van der Waals surface area contributed by atoms with Crippen LogP contribution in [0.5, 0.6) is 0 Å². The Balaban J connectivity index is 1.93. The van der Waals surface area contributed by atoms with Crippen molar-refractivity contribution in [3.05, 3.63) is 48.2 Å². The van der Waals surface area contributed by atoms with Crippen LogP contribution < -0.4 is 5.32 Å². The maximum atomic E-state index is 11.2. The summed E-state index contributed by atoms with van der Waals surface area (Å²) in [5.74, 6) is 0. The number of H-pyrrole nitrogens is 2. The lowest BCUT2D eigenvalue weighted by Gasteiger charge is -2.04. The summed E-state index contributed by atoms with van der Waals surface area (Å²) in [5.41, 5.74) is 3.82. The second-order valence-electron chi connectivity index (χ2n) is 4.43. The van der Waals surface area contributed by atoms with Gasteiger partial charge in [0.15, 0.2) is 0 Å². The van der Waals surface area contributed by atoms with Crippen molar-refractivity contribution in [2.75, 3.05) is 12.4 Å². The lowest BCUT2D eigenvalue weighted by Crippen LogP contribution is -2.10. The summed E-state index contributed by atoms with van der Waals surface area (Å²) < 4.78 is 4.59. The fourth-order valence-electron chi connectivity index (χ4n) is 2.15. The van der Waals surface area contributed by atoms with E-state index in [1.807, 2.05) is 30.6 Å². The minimum atomic E-state index is -0.478. The maximum absolute atomic E-state index is 11.2. The van der Waals surface area contributed by atoms with Crippen LogP contribution in [0.1, 0.15) is 11.3 Å². The molecule has 0 spiro atoms. The number of ether oxygens (including phenoxy) is 1. The largest absolute Gasteiger partial charge is 0.453 e. The van der Waals surface area contributed by atoms with E-state index in [-0.39, 0.29) is 0 Å². The summed E-state index contributed by atoms with van der Waals surface area (Å²) in [5, 5.41) is 3.72. The van der Waals surface area contributed by atoms with Gasteiger partial charge in [0.25, 0.3) is 0 Å². The van der Waals surface area contributed by atoms with Crippen molar-refractivity contribution in [3.63, 3.8) is 0 Å². The molecule has 2 heterocycles. The lowest BCUT2D eigenvalue weighted by molar-refractivity contribution is 0.187. The molecular formula is C14H14N4O2. The number of carbonyl (C=O) groups excluding carboxylic acids is 1. The molecule has 0 atom stereocenters. The Labute approximate surface area is 115 Å². The molecule has 3 rings (SSSR count). The predicted octanol–water partition coefficient (Wildman–Crippen LogP) is 2.66. The minimum absolute atomic E-state index is 0.478. The number of fused-ring (bicyclic) bond motifs is 1. The second-order valence-corrected chi connectivity index (χ2v) is 4.43. The summed E-state index contributed by atoms with van der Waals surface area (Å²) in [7, 11) is 1.34. The van der Waals surface area contributed by atoms with E-state index in [1.165, 1.54) is 7.11 Å². The average Bonchev–Trinajstić information content (AvgIpc) is 3.10. The lowest BCUT2D eigenvalue weighted by atomic mass is 10.1. The first-order valence-corrected chi connectivity index (χ1v) is 6.19. The van der Waals surface area contributed by atoms with Crippen molar-refractivity contribution in [1.29, 1.82) is 0 Å². The highest BCUT2D eigenvalue weighted by atomic mass is 16.5. The number of hydrogen-bond donors (Lipinski definition) is 3. The number of aromatic amines is 2. The van der Waals surface area contributed by atoms with Crippen molar-refractivity contribution in [3.8, 4) is 0 Å². The van der Waals surface area contributed by atoms with E-state index in [9.17, 15) is 4.79 Å². The van der Waals surface area contributed by atoms with Crippen LogP contribution in [-0.4, -0.2) is 28.2 Å². The van der Waals surface area contributed by atoms with Crippen LogP contribution in [0.3, 0.4) is 0 Å². The van der Waals surface area contributed by atoms with Crippen LogP contribution in [-0.2, 0) is 11.2 Å². The van der Waals surface area contributed by atoms with Crippen molar-refractivity contribution >= 4 is 22.7 Å². The van der Waals surface area contributed by atoms with Crippen molar-refractivity contribution < 1.29 is 9.53 Å². The molecular weight excluding hydrogens is 256 g/mol. The summed E-state index contributed by atoms with van der Waals surface area (Å²) >= 11 is 0. The predicted molar refractivity (Wildman–Crippen MR) is 75.7 cm³/mol. The molecule has 20 heavy (non-hydrogen) atoms. The van der Waals surface area contributed by atoms with Gasteiger partial charge >= 0.3 is 6.09 Å². The van der Waals surface area contributed by atoms with Gasteiger partial charge < -0.3 is 14.7 Å². The number of hydrogen-bond acceptors (Lipinski definition) is 3. The van der Waals surface area contributed by atoms with Crippen molar-refractivity contribution in [1.82, 2.24) is 15.0 Å².